The third-order valence-corrected chi connectivity index (χ3v) is 3.43. The Morgan fingerprint density at radius 3 is 2.88 bits per heavy atom. The Morgan fingerprint density at radius 1 is 1.29 bits per heavy atom. The number of aromatic nitrogens is 1. The molecule has 0 saturated heterocycles. The topological polar surface area (TPSA) is 120 Å². The van der Waals surface area contributed by atoms with Gasteiger partial charge in [0.1, 0.15) is 5.76 Å². The molecule has 0 radical (unpaired) electrons. The van der Waals surface area contributed by atoms with Crippen molar-refractivity contribution in [3.63, 3.8) is 0 Å². The Kier molecular flexibility index (Phi) is 4.11. The molecule has 0 bridgehead atoms. The second-order valence-corrected chi connectivity index (χ2v) is 5.09. The number of azo groups is 1. The van der Waals surface area contributed by atoms with E-state index >= 15 is 0 Å². The molecular weight excluding hydrogens is 312 g/mol. The van der Waals surface area contributed by atoms with E-state index in [1.165, 1.54) is 6.26 Å². The van der Waals surface area contributed by atoms with Crippen LogP contribution in [0.15, 0.2) is 51.2 Å². The Labute approximate surface area is 136 Å². The predicted molar refractivity (Wildman–Crippen MR) is 84.8 cm³/mol. The third-order valence-electron chi connectivity index (χ3n) is 3.43. The van der Waals surface area contributed by atoms with E-state index in [0.29, 0.717) is 16.7 Å². The lowest BCUT2D eigenvalue weighted by molar-refractivity contribution is -0.137. The standard InChI is InChI=1S/C16H14N4O4/c1-9-4-2-6-11-12(9)18-14(21)13(11)19-20-16(23)15(22)17-8-10-5-3-7-24-10/h2-7,18,21H,8H2,1H3,(H,17,22). The number of nitrogens with zero attached hydrogens (tertiary/aromatic N) is 2. The number of aromatic hydroxyl groups is 1. The quantitative estimate of drug-likeness (QED) is 0.506. The van der Waals surface area contributed by atoms with Crippen LogP contribution in [0.2, 0.25) is 0 Å². The number of furan rings is 1. The average Bonchev–Trinajstić information content (AvgIpc) is 3.19. The van der Waals surface area contributed by atoms with Crippen LogP contribution in [0, 0.1) is 6.92 Å². The molecule has 3 N–H and O–H groups in total. The molecule has 0 aliphatic heterocycles. The summed E-state index contributed by atoms with van der Waals surface area (Å²) in [5, 5.41) is 20.0. The van der Waals surface area contributed by atoms with Crippen molar-refractivity contribution >= 4 is 28.4 Å². The first-order valence-electron chi connectivity index (χ1n) is 7.13. The van der Waals surface area contributed by atoms with Gasteiger partial charge in [-0.05, 0) is 24.6 Å². The van der Waals surface area contributed by atoms with Crippen LogP contribution < -0.4 is 5.32 Å². The highest BCUT2D eigenvalue weighted by Crippen LogP contribution is 2.36. The molecule has 2 heterocycles. The Hall–Kier alpha value is -3.42. The summed E-state index contributed by atoms with van der Waals surface area (Å²) >= 11 is 0. The number of benzene rings is 1. The fourth-order valence-electron chi connectivity index (χ4n) is 2.23. The molecule has 0 fully saturated rings. The maximum Gasteiger partial charge on any atom is 0.353 e. The highest BCUT2D eigenvalue weighted by Gasteiger charge is 2.15. The van der Waals surface area contributed by atoms with Crippen LogP contribution >= 0.6 is 0 Å². The molecule has 0 spiro atoms. The summed E-state index contributed by atoms with van der Waals surface area (Å²) in [5.41, 5.74) is 1.71. The average molecular weight is 326 g/mol. The first kappa shape index (κ1) is 15.5. The summed E-state index contributed by atoms with van der Waals surface area (Å²) < 4.78 is 5.04. The van der Waals surface area contributed by atoms with Gasteiger partial charge in [-0.15, -0.1) is 10.2 Å². The number of H-pyrrole nitrogens is 1. The Bertz CT molecular complexity index is 925. The number of amides is 2. The monoisotopic (exact) mass is 326 g/mol. The molecule has 8 nitrogen and oxygen atoms in total. The highest BCUT2D eigenvalue weighted by molar-refractivity contribution is 6.35. The number of hydrogen-bond acceptors (Lipinski definition) is 5. The fraction of sp³-hybridized carbons (Fsp3) is 0.125. The molecule has 122 valence electrons. The predicted octanol–water partition coefficient (Wildman–Crippen LogP) is 2.70. The Balaban J connectivity index is 1.73. The summed E-state index contributed by atoms with van der Waals surface area (Å²) in [6.45, 7) is 1.94. The van der Waals surface area contributed by atoms with E-state index in [4.69, 9.17) is 4.42 Å². The van der Waals surface area contributed by atoms with E-state index in [9.17, 15) is 14.7 Å². The smallest absolute Gasteiger partial charge is 0.353 e. The van der Waals surface area contributed by atoms with Gasteiger partial charge >= 0.3 is 11.8 Å². The summed E-state index contributed by atoms with van der Waals surface area (Å²) in [4.78, 5) is 26.2. The number of hydrogen-bond donors (Lipinski definition) is 3. The molecule has 0 atom stereocenters. The van der Waals surface area contributed by atoms with Gasteiger partial charge in [0.15, 0.2) is 5.69 Å². The Morgan fingerprint density at radius 2 is 2.12 bits per heavy atom. The summed E-state index contributed by atoms with van der Waals surface area (Å²) in [6, 6.07) is 8.73. The van der Waals surface area contributed by atoms with Crippen LogP contribution in [0.4, 0.5) is 5.69 Å². The maximum absolute atomic E-state index is 11.7. The number of rotatable bonds is 3. The van der Waals surface area contributed by atoms with Gasteiger partial charge in [0.05, 0.1) is 18.3 Å². The van der Waals surface area contributed by atoms with Gasteiger partial charge in [-0.3, -0.25) is 9.59 Å². The SMILES string of the molecule is Cc1cccc2c(N=NC(=O)C(=O)NCc3ccco3)c(O)[nH]c12. The molecule has 24 heavy (non-hydrogen) atoms. The van der Waals surface area contributed by atoms with E-state index in [-0.39, 0.29) is 18.1 Å². The van der Waals surface area contributed by atoms with Crippen LogP contribution in [0.5, 0.6) is 5.88 Å². The second kappa shape index (κ2) is 6.37. The van der Waals surface area contributed by atoms with Crippen molar-refractivity contribution in [2.45, 2.75) is 13.5 Å². The second-order valence-electron chi connectivity index (χ2n) is 5.09. The van der Waals surface area contributed by atoms with Crippen LogP contribution in [-0.2, 0) is 16.1 Å². The number of aryl methyl sites for hydroxylation is 1. The van der Waals surface area contributed by atoms with Gasteiger partial charge in [-0.2, -0.15) is 0 Å². The minimum absolute atomic E-state index is 0.0740. The van der Waals surface area contributed by atoms with Crippen molar-refractivity contribution in [1.29, 1.82) is 0 Å². The van der Waals surface area contributed by atoms with Crippen LogP contribution in [0.1, 0.15) is 11.3 Å². The third kappa shape index (κ3) is 3.02. The van der Waals surface area contributed by atoms with Crippen molar-refractivity contribution in [3.05, 3.63) is 47.9 Å². The first-order chi connectivity index (χ1) is 11.6. The normalized spacial score (nSPS) is 11.2. The number of fused-ring (bicyclic) bond motifs is 1. The van der Waals surface area contributed by atoms with Crippen molar-refractivity contribution in [3.8, 4) is 5.88 Å². The number of carbonyl (C=O) groups is 2. The van der Waals surface area contributed by atoms with Gasteiger partial charge in [0, 0.05) is 5.39 Å². The summed E-state index contributed by atoms with van der Waals surface area (Å²) in [5.74, 6) is -1.68. The number of aromatic amines is 1. The minimum atomic E-state index is -1.07. The molecule has 0 unspecified atom stereocenters. The summed E-state index contributed by atoms with van der Waals surface area (Å²) in [6.07, 6.45) is 1.46. The zero-order valence-corrected chi connectivity index (χ0v) is 12.7. The lowest BCUT2D eigenvalue weighted by atomic mass is 10.1. The zero-order chi connectivity index (χ0) is 17.1. The van der Waals surface area contributed by atoms with Gasteiger partial charge in [-0.25, -0.2) is 0 Å². The molecule has 3 aromatic rings. The van der Waals surface area contributed by atoms with E-state index in [1.807, 2.05) is 13.0 Å². The first-order valence-corrected chi connectivity index (χ1v) is 7.13. The minimum Gasteiger partial charge on any atom is -0.493 e. The lowest BCUT2D eigenvalue weighted by Gasteiger charge is -1.98. The molecule has 3 rings (SSSR count). The number of carbonyl (C=O) groups excluding carboxylic acids is 2. The molecule has 2 aromatic heterocycles. The van der Waals surface area contributed by atoms with E-state index in [2.05, 4.69) is 20.5 Å². The molecular formula is C16H14N4O4. The molecule has 0 saturated carbocycles. The lowest BCUT2D eigenvalue weighted by Crippen LogP contribution is -2.28. The van der Waals surface area contributed by atoms with Gasteiger partial charge in [-0.1, -0.05) is 18.2 Å². The van der Waals surface area contributed by atoms with Crippen molar-refractivity contribution < 1.29 is 19.1 Å². The zero-order valence-electron chi connectivity index (χ0n) is 12.7. The van der Waals surface area contributed by atoms with Gasteiger partial charge < -0.3 is 19.8 Å². The number of nitrogens with one attached hydrogen (secondary N) is 2. The van der Waals surface area contributed by atoms with Gasteiger partial charge in [0.2, 0.25) is 5.88 Å². The van der Waals surface area contributed by atoms with Crippen molar-refractivity contribution in [2.24, 2.45) is 10.2 Å². The molecule has 0 aliphatic rings. The highest BCUT2D eigenvalue weighted by atomic mass is 16.3. The van der Waals surface area contributed by atoms with Crippen molar-refractivity contribution in [2.75, 3.05) is 0 Å². The maximum atomic E-state index is 11.7. The molecule has 0 aliphatic carbocycles. The van der Waals surface area contributed by atoms with Crippen LogP contribution in [-0.4, -0.2) is 21.9 Å². The number of para-hydroxylation sites is 1. The van der Waals surface area contributed by atoms with Crippen LogP contribution in [0.3, 0.4) is 0 Å². The fourth-order valence-corrected chi connectivity index (χ4v) is 2.23. The van der Waals surface area contributed by atoms with Crippen LogP contribution in [0.25, 0.3) is 10.9 Å². The summed E-state index contributed by atoms with van der Waals surface area (Å²) in [7, 11) is 0. The van der Waals surface area contributed by atoms with E-state index in [1.54, 1.807) is 24.3 Å². The molecule has 1 aromatic carbocycles. The largest absolute Gasteiger partial charge is 0.493 e. The molecule has 8 heteroatoms. The van der Waals surface area contributed by atoms with Gasteiger partial charge in [0.25, 0.3) is 0 Å². The molecule has 2 amide bonds. The van der Waals surface area contributed by atoms with E-state index in [0.717, 1.165) is 5.56 Å². The van der Waals surface area contributed by atoms with E-state index < -0.39 is 11.8 Å². The van der Waals surface area contributed by atoms with Crippen molar-refractivity contribution in [1.82, 2.24) is 10.3 Å².